The molecule has 1 atom stereocenters. The minimum Gasteiger partial charge on any atom is -0.369 e. The van der Waals surface area contributed by atoms with Gasteiger partial charge < -0.3 is 10.6 Å². The largest absolute Gasteiger partial charge is 0.369 e. The molecule has 0 aromatic heterocycles. The highest BCUT2D eigenvalue weighted by Crippen LogP contribution is 2.27. The third-order valence-corrected chi connectivity index (χ3v) is 4.61. The normalized spacial score (nSPS) is 23.9. The fourth-order valence-corrected chi connectivity index (χ4v) is 3.63. The van der Waals surface area contributed by atoms with E-state index in [1.165, 1.54) is 12.8 Å². The summed E-state index contributed by atoms with van der Waals surface area (Å²) in [4.78, 5) is 27.9. The van der Waals surface area contributed by atoms with E-state index >= 15 is 0 Å². The van der Waals surface area contributed by atoms with E-state index in [0.717, 1.165) is 32.2 Å². The molecule has 0 bridgehead atoms. The van der Waals surface area contributed by atoms with E-state index in [1.54, 1.807) is 0 Å². The molecule has 5 heteroatoms. The molecule has 1 heterocycles. The molecule has 1 aliphatic heterocycles. The first-order valence-corrected chi connectivity index (χ1v) is 8.04. The monoisotopic (exact) mass is 293 g/mol. The van der Waals surface area contributed by atoms with Gasteiger partial charge >= 0.3 is 0 Å². The molecule has 2 aliphatic rings. The zero-order valence-corrected chi connectivity index (χ0v) is 12.8. The molecular weight excluding hydrogens is 266 g/mol. The molecule has 118 valence electrons. The number of piperidine rings is 1. The molecule has 0 aromatic carbocycles. The number of hydrogen-bond acceptors (Lipinski definition) is 3. The number of amides is 2. The molecule has 1 aliphatic carbocycles. The summed E-state index contributed by atoms with van der Waals surface area (Å²) in [7, 11) is 0. The van der Waals surface area contributed by atoms with E-state index in [9.17, 15) is 9.59 Å². The van der Waals surface area contributed by atoms with Gasteiger partial charge in [-0.3, -0.25) is 14.5 Å². The number of carbonyl (C=O) groups excluding carboxylic acids is 2. The summed E-state index contributed by atoms with van der Waals surface area (Å²) < 4.78 is 0. The maximum Gasteiger partial charge on any atom is 0.231 e. The van der Waals surface area contributed by atoms with Crippen LogP contribution in [-0.2, 0) is 9.59 Å². The number of nitrogens with zero attached hydrogens (tertiary/aromatic N) is 2. The standard InChI is InChI=1S/C16H27N3O2/c1-2-9-19(14-7-3-4-8-14)16(21)13-6-5-10-18(11-13)12-15(17)20/h2,13-14H,1,3-12H2,(H2,17,20). The Morgan fingerprint density at radius 1 is 1.24 bits per heavy atom. The molecule has 5 nitrogen and oxygen atoms in total. The minimum atomic E-state index is -0.318. The van der Waals surface area contributed by atoms with E-state index < -0.39 is 0 Å². The molecule has 0 radical (unpaired) electrons. The summed E-state index contributed by atoms with van der Waals surface area (Å²) in [5.74, 6) is -0.0866. The lowest BCUT2D eigenvalue weighted by Crippen LogP contribution is -2.49. The van der Waals surface area contributed by atoms with Crippen LogP contribution in [0.3, 0.4) is 0 Å². The van der Waals surface area contributed by atoms with Gasteiger partial charge in [0, 0.05) is 19.1 Å². The van der Waals surface area contributed by atoms with Gasteiger partial charge in [-0.25, -0.2) is 0 Å². The number of hydrogen-bond donors (Lipinski definition) is 1. The average Bonchev–Trinajstić information content (AvgIpc) is 2.97. The Hall–Kier alpha value is -1.36. The molecule has 2 rings (SSSR count). The van der Waals surface area contributed by atoms with Crippen LogP contribution in [0, 0.1) is 5.92 Å². The Morgan fingerprint density at radius 3 is 2.57 bits per heavy atom. The van der Waals surface area contributed by atoms with Crippen LogP contribution in [0.1, 0.15) is 38.5 Å². The lowest BCUT2D eigenvalue weighted by atomic mass is 9.95. The summed E-state index contributed by atoms with van der Waals surface area (Å²) in [5.41, 5.74) is 5.26. The van der Waals surface area contributed by atoms with Crippen molar-refractivity contribution < 1.29 is 9.59 Å². The second-order valence-electron chi connectivity index (χ2n) is 6.26. The van der Waals surface area contributed by atoms with Crippen LogP contribution in [0.5, 0.6) is 0 Å². The van der Waals surface area contributed by atoms with Crippen LogP contribution in [0.4, 0.5) is 0 Å². The first-order valence-electron chi connectivity index (χ1n) is 8.04. The van der Waals surface area contributed by atoms with E-state index in [2.05, 4.69) is 6.58 Å². The Kier molecular flexibility index (Phi) is 5.79. The smallest absolute Gasteiger partial charge is 0.231 e. The predicted octanol–water partition coefficient (Wildman–Crippen LogP) is 1.14. The van der Waals surface area contributed by atoms with Crippen molar-refractivity contribution in [1.82, 2.24) is 9.80 Å². The van der Waals surface area contributed by atoms with Crippen molar-refractivity contribution in [3.8, 4) is 0 Å². The summed E-state index contributed by atoms with van der Waals surface area (Å²) in [6.07, 6.45) is 8.33. The molecule has 1 unspecified atom stereocenters. The highest BCUT2D eigenvalue weighted by molar-refractivity contribution is 5.80. The van der Waals surface area contributed by atoms with Gasteiger partial charge in [-0.15, -0.1) is 6.58 Å². The number of rotatable bonds is 6. The Balaban J connectivity index is 1.98. The number of carbonyl (C=O) groups is 2. The molecule has 1 saturated heterocycles. The van der Waals surface area contributed by atoms with Gasteiger partial charge in [-0.2, -0.15) is 0 Å². The molecule has 1 saturated carbocycles. The van der Waals surface area contributed by atoms with Crippen molar-refractivity contribution in [3.63, 3.8) is 0 Å². The topological polar surface area (TPSA) is 66.6 Å². The molecule has 0 aromatic rings. The minimum absolute atomic E-state index is 0.00125. The Labute approximate surface area is 127 Å². The highest BCUT2D eigenvalue weighted by atomic mass is 16.2. The summed E-state index contributed by atoms with van der Waals surface area (Å²) in [5, 5.41) is 0. The van der Waals surface area contributed by atoms with E-state index in [1.807, 2.05) is 15.9 Å². The Bertz CT molecular complexity index is 391. The van der Waals surface area contributed by atoms with Gasteiger partial charge in [-0.05, 0) is 32.2 Å². The third-order valence-electron chi connectivity index (χ3n) is 4.61. The second-order valence-corrected chi connectivity index (χ2v) is 6.26. The number of primary amides is 1. The maximum atomic E-state index is 12.8. The zero-order chi connectivity index (χ0) is 15.2. The fourth-order valence-electron chi connectivity index (χ4n) is 3.63. The van der Waals surface area contributed by atoms with Crippen LogP contribution in [0.25, 0.3) is 0 Å². The van der Waals surface area contributed by atoms with Crippen molar-refractivity contribution in [2.75, 3.05) is 26.2 Å². The predicted molar refractivity (Wildman–Crippen MR) is 82.5 cm³/mol. The zero-order valence-electron chi connectivity index (χ0n) is 12.8. The van der Waals surface area contributed by atoms with Crippen molar-refractivity contribution in [2.24, 2.45) is 11.7 Å². The van der Waals surface area contributed by atoms with E-state index in [4.69, 9.17) is 5.73 Å². The molecule has 0 spiro atoms. The first-order chi connectivity index (χ1) is 10.1. The van der Waals surface area contributed by atoms with Crippen LogP contribution < -0.4 is 5.73 Å². The highest BCUT2D eigenvalue weighted by Gasteiger charge is 2.33. The van der Waals surface area contributed by atoms with Crippen molar-refractivity contribution in [3.05, 3.63) is 12.7 Å². The first kappa shape index (κ1) is 16.0. The van der Waals surface area contributed by atoms with E-state index in [-0.39, 0.29) is 24.3 Å². The van der Waals surface area contributed by atoms with Crippen LogP contribution in [0.15, 0.2) is 12.7 Å². The van der Waals surface area contributed by atoms with Crippen LogP contribution in [-0.4, -0.2) is 53.8 Å². The summed E-state index contributed by atoms with van der Waals surface area (Å²) in [6, 6.07) is 0.377. The van der Waals surface area contributed by atoms with Gasteiger partial charge in [0.2, 0.25) is 11.8 Å². The Morgan fingerprint density at radius 2 is 1.95 bits per heavy atom. The summed E-state index contributed by atoms with van der Waals surface area (Å²) >= 11 is 0. The van der Waals surface area contributed by atoms with Crippen molar-refractivity contribution in [1.29, 1.82) is 0 Å². The summed E-state index contributed by atoms with van der Waals surface area (Å²) in [6.45, 7) is 6.20. The van der Waals surface area contributed by atoms with Gasteiger partial charge in [0.15, 0.2) is 0 Å². The maximum absolute atomic E-state index is 12.8. The van der Waals surface area contributed by atoms with Crippen LogP contribution in [0.2, 0.25) is 0 Å². The molecule has 2 N–H and O–H groups in total. The lowest BCUT2D eigenvalue weighted by Gasteiger charge is -2.36. The van der Waals surface area contributed by atoms with E-state index in [0.29, 0.717) is 19.1 Å². The molecule has 2 amide bonds. The van der Waals surface area contributed by atoms with Gasteiger partial charge in [-0.1, -0.05) is 18.9 Å². The average molecular weight is 293 g/mol. The number of likely N-dealkylation sites (tertiary alicyclic amines) is 1. The lowest BCUT2D eigenvalue weighted by molar-refractivity contribution is -0.139. The molecule has 2 fully saturated rings. The second kappa shape index (κ2) is 7.59. The SMILES string of the molecule is C=CCN(C(=O)C1CCCN(CC(N)=O)C1)C1CCCC1. The van der Waals surface area contributed by atoms with Gasteiger partial charge in [0.05, 0.1) is 12.5 Å². The van der Waals surface area contributed by atoms with Crippen molar-refractivity contribution in [2.45, 2.75) is 44.6 Å². The quantitative estimate of drug-likeness (QED) is 0.747. The van der Waals surface area contributed by atoms with Gasteiger partial charge in [0.1, 0.15) is 0 Å². The molecule has 21 heavy (non-hydrogen) atoms. The van der Waals surface area contributed by atoms with Crippen molar-refractivity contribution >= 4 is 11.8 Å². The van der Waals surface area contributed by atoms with Crippen LogP contribution >= 0.6 is 0 Å². The van der Waals surface area contributed by atoms with Gasteiger partial charge in [0.25, 0.3) is 0 Å². The molecular formula is C16H27N3O2. The third kappa shape index (κ3) is 4.30. The number of nitrogens with two attached hydrogens (primary N) is 1. The fraction of sp³-hybridized carbons (Fsp3) is 0.750.